The van der Waals surface area contributed by atoms with Crippen molar-refractivity contribution in [2.24, 2.45) is 17.0 Å². The molecule has 0 amide bonds. The van der Waals surface area contributed by atoms with E-state index >= 15 is 0 Å². The summed E-state index contributed by atoms with van der Waals surface area (Å²) in [4.78, 5) is 14.3. The predicted molar refractivity (Wildman–Crippen MR) is 165 cm³/mol. The van der Waals surface area contributed by atoms with Crippen molar-refractivity contribution in [3.63, 3.8) is 0 Å². The minimum Gasteiger partial charge on any atom is -0.490 e. The molecule has 1 unspecified atom stereocenters. The van der Waals surface area contributed by atoms with Crippen LogP contribution in [0.2, 0.25) is 5.02 Å². The Bertz CT molecular complexity index is 1470. The number of nitrogens with zero attached hydrogens (tertiary/aromatic N) is 1. The maximum absolute atomic E-state index is 12.0. The molecule has 6 rings (SSSR count). The molecule has 9 nitrogen and oxygen atoms in total. The molecule has 2 heterocycles. The van der Waals surface area contributed by atoms with Crippen LogP contribution in [0.1, 0.15) is 66.9 Å². The summed E-state index contributed by atoms with van der Waals surface area (Å²) in [5.41, 5.74) is 3.37. The van der Waals surface area contributed by atoms with Gasteiger partial charge in [0.05, 0.1) is 48.5 Å². The number of primary sulfonamides is 1. The van der Waals surface area contributed by atoms with E-state index in [0.29, 0.717) is 24.2 Å². The number of rotatable bonds is 8. The van der Waals surface area contributed by atoms with Crippen LogP contribution in [0.3, 0.4) is 0 Å². The second-order valence-corrected chi connectivity index (χ2v) is 15.1. The van der Waals surface area contributed by atoms with Gasteiger partial charge in [0, 0.05) is 29.9 Å². The van der Waals surface area contributed by atoms with Crippen molar-refractivity contribution in [1.82, 2.24) is 0 Å². The van der Waals surface area contributed by atoms with Gasteiger partial charge < -0.3 is 24.2 Å². The Morgan fingerprint density at radius 1 is 1.21 bits per heavy atom. The lowest BCUT2D eigenvalue weighted by Crippen LogP contribution is -2.51. The Morgan fingerprint density at radius 2 is 2.05 bits per heavy atom. The van der Waals surface area contributed by atoms with E-state index in [4.69, 9.17) is 31.0 Å². The van der Waals surface area contributed by atoms with E-state index in [-0.39, 0.29) is 41.7 Å². The van der Waals surface area contributed by atoms with E-state index in [1.54, 1.807) is 18.2 Å². The van der Waals surface area contributed by atoms with Gasteiger partial charge in [-0.05, 0) is 98.7 Å². The molecular formula is C32H41ClN2O7S. The topological polar surface area (TPSA) is 128 Å². The molecule has 2 aromatic carbocycles. The van der Waals surface area contributed by atoms with Crippen LogP contribution in [0.25, 0.3) is 0 Å². The number of aromatic carboxylic acids is 1. The Labute approximate surface area is 258 Å². The zero-order chi connectivity index (χ0) is 30.4. The molecule has 6 atom stereocenters. The van der Waals surface area contributed by atoms with E-state index in [0.717, 1.165) is 68.7 Å². The second kappa shape index (κ2) is 12.2. The third kappa shape index (κ3) is 6.68. The highest BCUT2D eigenvalue weighted by Crippen LogP contribution is 2.47. The molecule has 0 aromatic heterocycles. The first kappa shape index (κ1) is 30.6. The average Bonchev–Trinajstić information content (AvgIpc) is 3.07. The molecule has 2 fully saturated rings. The zero-order valence-electron chi connectivity index (χ0n) is 24.5. The fourth-order valence-electron chi connectivity index (χ4n) is 7.72. The number of sulfonamides is 1. The van der Waals surface area contributed by atoms with Crippen molar-refractivity contribution in [3.8, 4) is 5.75 Å². The summed E-state index contributed by atoms with van der Waals surface area (Å²) < 4.78 is 41.7. The number of nitrogens with two attached hydrogens (primary N) is 1. The molecule has 1 spiro atoms. The number of fused-ring (bicyclic) bond motifs is 3. The van der Waals surface area contributed by atoms with E-state index in [2.05, 4.69) is 17.0 Å². The number of benzene rings is 2. The molecule has 234 valence electrons. The predicted octanol–water partition coefficient (Wildman–Crippen LogP) is 4.78. The maximum Gasteiger partial charge on any atom is 0.335 e. The molecule has 2 aromatic rings. The summed E-state index contributed by atoms with van der Waals surface area (Å²) in [6.45, 7) is 4.14. The van der Waals surface area contributed by atoms with E-state index in [9.17, 15) is 18.3 Å². The molecule has 43 heavy (non-hydrogen) atoms. The van der Waals surface area contributed by atoms with Crippen LogP contribution in [0.5, 0.6) is 5.75 Å². The van der Waals surface area contributed by atoms with Gasteiger partial charge in [0.25, 0.3) is 0 Å². The van der Waals surface area contributed by atoms with E-state index < -0.39 is 16.0 Å². The minimum absolute atomic E-state index is 0.0127. The van der Waals surface area contributed by atoms with Crippen molar-refractivity contribution in [2.75, 3.05) is 37.0 Å². The summed E-state index contributed by atoms with van der Waals surface area (Å²) in [6.07, 6.45) is 6.49. The van der Waals surface area contributed by atoms with Gasteiger partial charge in [-0.1, -0.05) is 17.7 Å². The van der Waals surface area contributed by atoms with Crippen molar-refractivity contribution in [1.29, 1.82) is 0 Å². The number of hydrogen-bond acceptors (Lipinski definition) is 7. The van der Waals surface area contributed by atoms with Gasteiger partial charge in [0.2, 0.25) is 10.0 Å². The lowest BCUT2D eigenvalue weighted by atomic mass is 9.67. The van der Waals surface area contributed by atoms with Gasteiger partial charge in [-0.3, -0.25) is 0 Å². The molecule has 0 bridgehead atoms. The minimum atomic E-state index is -3.57. The van der Waals surface area contributed by atoms with Crippen LogP contribution in [0.4, 0.5) is 5.69 Å². The lowest BCUT2D eigenvalue weighted by molar-refractivity contribution is -0.146. The summed E-state index contributed by atoms with van der Waals surface area (Å²) >= 11 is 6.39. The first-order valence-corrected chi connectivity index (χ1v) is 17.4. The average molecular weight is 633 g/mol. The zero-order valence-corrected chi connectivity index (χ0v) is 26.1. The Balaban J connectivity index is 1.25. The molecular weight excluding hydrogens is 592 g/mol. The van der Waals surface area contributed by atoms with Gasteiger partial charge in [0.1, 0.15) is 5.75 Å². The Hall–Kier alpha value is -2.37. The van der Waals surface area contributed by atoms with Crippen LogP contribution in [-0.2, 0) is 31.3 Å². The number of anilines is 1. The van der Waals surface area contributed by atoms with Crippen LogP contribution in [0.15, 0.2) is 36.4 Å². The monoisotopic (exact) mass is 632 g/mol. The van der Waals surface area contributed by atoms with Crippen LogP contribution in [-0.4, -0.2) is 69.9 Å². The van der Waals surface area contributed by atoms with Crippen LogP contribution in [0, 0.1) is 11.8 Å². The summed E-state index contributed by atoms with van der Waals surface area (Å²) in [5, 5.41) is 15.7. The van der Waals surface area contributed by atoms with Crippen molar-refractivity contribution < 1.29 is 32.5 Å². The number of carbonyl (C=O) groups is 1. The first-order chi connectivity index (χ1) is 20.5. The maximum atomic E-state index is 12.0. The number of aryl methyl sites for hydroxylation is 1. The normalized spacial score (nSPS) is 30.5. The number of ether oxygens (including phenoxy) is 3. The summed E-state index contributed by atoms with van der Waals surface area (Å²) in [7, 11) is -3.57. The highest BCUT2D eigenvalue weighted by molar-refractivity contribution is 7.89. The van der Waals surface area contributed by atoms with Crippen LogP contribution < -0.4 is 14.8 Å². The van der Waals surface area contributed by atoms with Gasteiger partial charge in [-0.2, -0.15) is 0 Å². The fourth-order valence-corrected chi connectivity index (χ4v) is 8.24. The van der Waals surface area contributed by atoms with Crippen molar-refractivity contribution >= 4 is 33.3 Å². The van der Waals surface area contributed by atoms with Crippen molar-refractivity contribution in [2.45, 2.75) is 75.6 Å². The quantitative estimate of drug-likeness (QED) is 0.426. The molecule has 11 heteroatoms. The van der Waals surface area contributed by atoms with Crippen LogP contribution >= 0.6 is 11.6 Å². The van der Waals surface area contributed by atoms with Gasteiger partial charge in [-0.15, -0.1) is 0 Å². The number of carboxylic acids is 1. The first-order valence-electron chi connectivity index (χ1n) is 15.3. The number of hydrogen-bond donors (Lipinski definition) is 2. The molecule has 3 N–H and O–H groups in total. The van der Waals surface area contributed by atoms with E-state index in [1.165, 1.54) is 11.1 Å². The Kier molecular flexibility index (Phi) is 8.69. The van der Waals surface area contributed by atoms with Gasteiger partial charge >= 0.3 is 5.97 Å². The highest BCUT2D eigenvalue weighted by atomic mass is 35.5. The summed E-state index contributed by atoms with van der Waals surface area (Å²) in [5.74, 6) is 0.242. The van der Waals surface area contributed by atoms with Gasteiger partial charge in [0.15, 0.2) is 0 Å². The second-order valence-electron chi connectivity index (χ2n) is 12.9. The molecule has 2 aliphatic heterocycles. The highest BCUT2D eigenvalue weighted by Gasteiger charge is 2.46. The fraction of sp³-hybridized carbons (Fsp3) is 0.594. The Morgan fingerprint density at radius 3 is 2.79 bits per heavy atom. The molecule has 1 saturated heterocycles. The number of halogens is 1. The molecule has 4 aliphatic rings. The molecule has 1 saturated carbocycles. The molecule has 2 aliphatic carbocycles. The van der Waals surface area contributed by atoms with Crippen molar-refractivity contribution in [3.05, 3.63) is 58.1 Å². The lowest BCUT2D eigenvalue weighted by Gasteiger charge is -2.48. The third-order valence-electron chi connectivity index (χ3n) is 9.91. The standard InChI is InChI=1S/C32H41ClN2O7S/c1-20-13-25(40-11-12-43(34,38)39)16-30(42-20)26-7-4-23(26)17-35-18-32(10-2-3-21-14-24(33)6-8-27(21)32)19-41-29-9-5-22(31(36)37)15-28(29)35/h5-6,8-9,14-15,20,23,25-26,30H,2-4,7,10-13,16-19H2,1H3,(H,36,37)(H2,34,38,39)/t20?,23-,25+,26+,30-,32-/m0/s1. The smallest absolute Gasteiger partial charge is 0.335 e. The molecule has 0 radical (unpaired) electrons. The number of carboxylic acid groups (broad SMARTS) is 1. The van der Waals surface area contributed by atoms with E-state index in [1.807, 2.05) is 13.0 Å². The largest absolute Gasteiger partial charge is 0.490 e. The SMILES string of the molecule is CC1C[C@@H](OCCS(N)(=O)=O)C[C@@H]([C@@H]2CC[C@H]2CN2C[C@@]3(CCCc4cc(Cl)ccc43)COc3ccc(C(=O)O)cc32)O1. The van der Waals surface area contributed by atoms with Gasteiger partial charge in [-0.25, -0.2) is 18.4 Å². The summed E-state index contributed by atoms with van der Waals surface area (Å²) in [6, 6.07) is 11.4. The third-order valence-corrected chi connectivity index (χ3v) is 10.9.